The molecule has 1 heterocycles. The van der Waals surface area contributed by atoms with Crippen LogP contribution in [0.3, 0.4) is 0 Å². The Bertz CT molecular complexity index is 132. The molecule has 11 heavy (non-hydrogen) atoms. The minimum absolute atomic E-state index is 0. The SMILES string of the molecule is Cl.O[C@]1(C(F)(F)F)CCNC1. The van der Waals surface area contributed by atoms with E-state index < -0.39 is 11.8 Å². The molecule has 0 aromatic heterocycles. The van der Waals surface area contributed by atoms with Crippen LogP contribution in [-0.2, 0) is 0 Å². The van der Waals surface area contributed by atoms with E-state index in [2.05, 4.69) is 5.32 Å². The quantitative estimate of drug-likeness (QED) is 0.591. The van der Waals surface area contributed by atoms with Crippen molar-refractivity contribution in [2.75, 3.05) is 13.1 Å². The van der Waals surface area contributed by atoms with Crippen molar-refractivity contribution < 1.29 is 18.3 Å². The van der Waals surface area contributed by atoms with E-state index in [0.717, 1.165) is 0 Å². The van der Waals surface area contributed by atoms with Gasteiger partial charge in [-0.3, -0.25) is 0 Å². The third kappa shape index (κ3) is 1.98. The molecule has 6 heteroatoms. The summed E-state index contributed by atoms with van der Waals surface area (Å²) < 4.78 is 35.6. The van der Waals surface area contributed by atoms with Crippen molar-refractivity contribution in [3.8, 4) is 0 Å². The molecule has 0 amide bonds. The molecule has 0 aromatic rings. The molecule has 2 N–H and O–H groups in total. The van der Waals surface area contributed by atoms with Crippen molar-refractivity contribution in [2.24, 2.45) is 0 Å². The summed E-state index contributed by atoms with van der Waals surface area (Å²) in [6.45, 7) is -0.146. The standard InChI is InChI=1S/C5H8F3NO.ClH/c6-5(7,8)4(10)1-2-9-3-4;/h9-10H,1-3H2;1H/t4-;/m1./s1. The maximum atomic E-state index is 11.9. The van der Waals surface area contributed by atoms with Crippen LogP contribution < -0.4 is 5.32 Å². The first-order valence-electron chi connectivity index (χ1n) is 2.95. The summed E-state index contributed by atoms with van der Waals surface area (Å²) >= 11 is 0. The second-order valence-electron chi connectivity index (χ2n) is 2.46. The van der Waals surface area contributed by atoms with E-state index in [1.165, 1.54) is 0 Å². The van der Waals surface area contributed by atoms with Crippen molar-refractivity contribution in [3.05, 3.63) is 0 Å². The first-order chi connectivity index (χ1) is 4.46. The highest BCUT2D eigenvalue weighted by atomic mass is 35.5. The lowest BCUT2D eigenvalue weighted by atomic mass is 10.0. The molecule has 0 aliphatic carbocycles. The molecule has 2 nitrogen and oxygen atoms in total. The van der Waals surface area contributed by atoms with Crippen LogP contribution in [0.15, 0.2) is 0 Å². The fourth-order valence-electron chi connectivity index (χ4n) is 0.921. The summed E-state index contributed by atoms with van der Waals surface area (Å²) in [5, 5.41) is 11.3. The number of β-amino-alcohol motifs (C(OH)–C–C–N with tert-alkyl or cyclic N) is 1. The van der Waals surface area contributed by atoms with Gasteiger partial charge in [0.05, 0.1) is 0 Å². The Labute approximate surface area is 68.2 Å². The lowest BCUT2D eigenvalue weighted by Crippen LogP contribution is -2.46. The van der Waals surface area contributed by atoms with Gasteiger partial charge in [-0.05, 0) is 13.0 Å². The molecule has 0 spiro atoms. The van der Waals surface area contributed by atoms with Crippen molar-refractivity contribution in [3.63, 3.8) is 0 Å². The molecule has 68 valence electrons. The van der Waals surface area contributed by atoms with Gasteiger partial charge in [0, 0.05) is 6.54 Å². The Kier molecular flexibility index (Phi) is 3.16. The highest BCUT2D eigenvalue weighted by molar-refractivity contribution is 5.85. The molecule has 1 aliphatic heterocycles. The zero-order valence-electron chi connectivity index (χ0n) is 5.61. The van der Waals surface area contributed by atoms with Crippen molar-refractivity contribution in [1.29, 1.82) is 0 Å². The molecule has 0 unspecified atom stereocenters. The number of hydrogen-bond acceptors (Lipinski definition) is 2. The topological polar surface area (TPSA) is 32.3 Å². The average molecular weight is 192 g/mol. The summed E-state index contributed by atoms with van der Waals surface area (Å²) in [5.74, 6) is 0. The van der Waals surface area contributed by atoms with Crippen LogP contribution in [0.25, 0.3) is 0 Å². The number of aliphatic hydroxyl groups is 1. The molecule has 1 fully saturated rings. The second-order valence-corrected chi connectivity index (χ2v) is 2.46. The predicted molar refractivity (Wildman–Crippen MR) is 35.7 cm³/mol. The maximum Gasteiger partial charge on any atom is 0.418 e. The molecule has 1 aliphatic rings. The Morgan fingerprint density at radius 2 is 1.91 bits per heavy atom. The van der Waals surface area contributed by atoms with Gasteiger partial charge in [0.25, 0.3) is 0 Å². The van der Waals surface area contributed by atoms with Crippen molar-refractivity contribution in [1.82, 2.24) is 5.32 Å². The molecule has 1 saturated heterocycles. The van der Waals surface area contributed by atoms with Gasteiger partial charge < -0.3 is 10.4 Å². The van der Waals surface area contributed by atoms with E-state index in [1.54, 1.807) is 0 Å². The number of nitrogens with one attached hydrogen (secondary N) is 1. The molecule has 1 atom stereocenters. The van der Waals surface area contributed by atoms with E-state index in [1.807, 2.05) is 0 Å². The first-order valence-corrected chi connectivity index (χ1v) is 2.95. The van der Waals surface area contributed by atoms with Gasteiger partial charge in [0.1, 0.15) is 0 Å². The maximum absolute atomic E-state index is 11.9. The lowest BCUT2D eigenvalue weighted by molar-refractivity contribution is -0.251. The predicted octanol–water partition coefficient (Wildman–Crippen LogP) is 0.695. The molecule has 0 bridgehead atoms. The van der Waals surface area contributed by atoms with Gasteiger partial charge in [0.15, 0.2) is 5.60 Å². The van der Waals surface area contributed by atoms with Crippen LogP contribution in [0.1, 0.15) is 6.42 Å². The van der Waals surface area contributed by atoms with E-state index in [-0.39, 0.29) is 31.9 Å². The Hall–Kier alpha value is -0.0000000000000000486. The van der Waals surface area contributed by atoms with E-state index in [0.29, 0.717) is 0 Å². The van der Waals surface area contributed by atoms with E-state index in [4.69, 9.17) is 5.11 Å². The largest absolute Gasteiger partial charge is 0.418 e. The van der Waals surface area contributed by atoms with Crippen LogP contribution in [0, 0.1) is 0 Å². The lowest BCUT2D eigenvalue weighted by Gasteiger charge is -2.23. The van der Waals surface area contributed by atoms with Crippen LogP contribution >= 0.6 is 12.4 Å². The summed E-state index contributed by atoms with van der Waals surface area (Å²) in [6.07, 6.45) is -4.73. The van der Waals surface area contributed by atoms with Crippen LogP contribution in [0.2, 0.25) is 0 Å². The van der Waals surface area contributed by atoms with Crippen LogP contribution in [-0.4, -0.2) is 30.0 Å². The average Bonchev–Trinajstić information content (AvgIpc) is 2.13. The minimum Gasteiger partial charge on any atom is -0.379 e. The minimum atomic E-state index is -4.49. The molecule has 0 saturated carbocycles. The van der Waals surface area contributed by atoms with Gasteiger partial charge in [0.2, 0.25) is 0 Å². The highest BCUT2D eigenvalue weighted by Crippen LogP contribution is 2.34. The normalized spacial score (nSPS) is 31.6. The smallest absolute Gasteiger partial charge is 0.379 e. The molecular weight excluding hydrogens is 183 g/mol. The van der Waals surface area contributed by atoms with E-state index >= 15 is 0 Å². The van der Waals surface area contributed by atoms with Gasteiger partial charge in [-0.25, -0.2) is 0 Å². The second kappa shape index (κ2) is 3.16. The third-order valence-corrected chi connectivity index (χ3v) is 1.66. The number of rotatable bonds is 0. The van der Waals surface area contributed by atoms with Gasteiger partial charge in [-0.15, -0.1) is 12.4 Å². The Morgan fingerprint density at radius 1 is 1.36 bits per heavy atom. The fourth-order valence-corrected chi connectivity index (χ4v) is 0.921. The summed E-state index contributed by atoms with van der Waals surface area (Å²) in [6, 6.07) is 0. The number of hydrogen-bond donors (Lipinski definition) is 2. The first kappa shape index (κ1) is 11.0. The van der Waals surface area contributed by atoms with Gasteiger partial charge in [-0.1, -0.05) is 0 Å². The summed E-state index contributed by atoms with van der Waals surface area (Å²) in [5.41, 5.74) is -2.48. The zero-order valence-corrected chi connectivity index (χ0v) is 6.43. The highest BCUT2D eigenvalue weighted by Gasteiger charge is 2.54. The summed E-state index contributed by atoms with van der Waals surface area (Å²) in [4.78, 5) is 0. The fraction of sp³-hybridized carbons (Fsp3) is 1.00. The van der Waals surface area contributed by atoms with E-state index in [9.17, 15) is 13.2 Å². The Balaban J connectivity index is 0.000001000. The molecule has 0 radical (unpaired) electrons. The zero-order chi connectivity index (χ0) is 7.83. The molecule has 1 rings (SSSR count). The van der Waals surface area contributed by atoms with Crippen molar-refractivity contribution >= 4 is 12.4 Å². The van der Waals surface area contributed by atoms with Crippen molar-refractivity contribution in [2.45, 2.75) is 18.2 Å². The third-order valence-electron chi connectivity index (χ3n) is 1.66. The van der Waals surface area contributed by atoms with Gasteiger partial charge in [-0.2, -0.15) is 13.2 Å². The molecular formula is C5H9ClF3NO. The summed E-state index contributed by atoms with van der Waals surface area (Å²) in [7, 11) is 0. The number of halogens is 4. The Morgan fingerprint density at radius 3 is 2.09 bits per heavy atom. The molecule has 0 aromatic carbocycles. The monoisotopic (exact) mass is 191 g/mol. The van der Waals surface area contributed by atoms with Crippen LogP contribution in [0.4, 0.5) is 13.2 Å². The van der Waals surface area contributed by atoms with Gasteiger partial charge >= 0.3 is 6.18 Å². The van der Waals surface area contributed by atoms with Crippen LogP contribution in [0.5, 0.6) is 0 Å². The number of alkyl halides is 3.